The van der Waals surface area contributed by atoms with Crippen molar-refractivity contribution in [3.05, 3.63) is 272 Å². The molecule has 4 aromatic heterocycles. The van der Waals surface area contributed by atoms with Crippen LogP contribution in [0.5, 0.6) is 0 Å². The van der Waals surface area contributed by atoms with E-state index in [1.165, 1.54) is 10.9 Å². The van der Waals surface area contributed by atoms with Crippen LogP contribution in [-0.4, -0.2) is 6.71 Å². The van der Waals surface area contributed by atoms with Crippen molar-refractivity contribution in [2.75, 3.05) is 9.80 Å². The second-order valence-corrected chi connectivity index (χ2v) is 23.1. The lowest BCUT2D eigenvalue weighted by molar-refractivity contribution is 0.668. The van der Waals surface area contributed by atoms with Gasteiger partial charge in [-0.25, -0.2) is 0 Å². The molecule has 0 saturated heterocycles. The summed E-state index contributed by atoms with van der Waals surface area (Å²) in [4.78, 5) is 4.85. The topological polar surface area (TPSA) is 59.0 Å². The van der Waals surface area contributed by atoms with Crippen LogP contribution >= 0.6 is 11.6 Å². The van der Waals surface area contributed by atoms with E-state index in [1.54, 1.807) is 0 Å². The maximum absolute atomic E-state index is 7.59. The van der Waals surface area contributed by atoms with Crippen LogP contribution in [-0.2, 0) is 0 Å². The zero-order chi connectivity index (χ0) is 56.3. The molecule has 19 rings (SSSR count). The van der Waals surface area contributed by atoms with Gasteiger partial charge in [0.25, 0.3) is 6.71 Å². The Kier molecular flexibility index (Phi) is 9.95. The third-order valence-corrected chi connectivity index (χ3v) is 18.4. The maximum Gasteiger partial charge on any atom is 0.252 e. The van der Waals surface area contributed by atoms with Crippen molar-refractivity contribution in [2.24, 2.45) is 0 Å². The normalized spacial score (nSPS) is 12.9. The molecule has 2 aliphatic rings. The lowest BCUT2D eigenvalue weighted by Crippen LogP contribution is -2.61. The van der Waals surface area contributed by atoms with Gasteiger partial charge >= 0.3 is 0 Å². The first-order chi connectivity index (χ1) is 42.5. The molecule has 0 spiro atoms. The average Bonchev–Trinajstić information content (AvgIpc) is 1.21. The van der Waals surface area contributed by atoms with E-state index in [9.17, 15) is 0 Å². The monoisotopic (exact) mass is 1120 g/mol. The summed E-state index contributed by atoms with van der Waals surface area (Å²) in [6, 6.07) is 95.2. The van der Waals surface area contributed by atoms with Crippen molar-refractivity contribution in [1.82, 2.24) is 0 Å². The van der Waals surface area contributed by atoms with Crippen LogP contribution in [0, 0.1) is 0 Å². The molecule has 400 valence electrons. The smallest absolute Gasteiger partial charge is 0.252 e. The van der Waals surface area contributed by atoms with Gasteiger partial charge in [0.15, 0.2) is 0 Å². The molecule has 86 heavy (non-hydrogen) atoms. The molecule has 0 radical (unpaired) electrons. The Hall–Kier alpha value is -11.0. The number of furan rings is 4. The lowest BCUT2D eigenvalue weighted by Gasteiger charge is -2.44. The molecule has 0 amide bonds. The van der Waals surface area contributed by atoms with Gasteiger partial charge in [-0.2, -0.15) is 0 Å². The minimum atomic E-state index is -0.243. The fraction of sp³-hybridized carbons (Fsp3) is 0. The largest absolute Gasteiger partial charge is 0.456 e. The van der Waals surface area contributed by atoms with E-state index >= 15 is 0 Å². The second kappa shape index (κ2) is 18.0. The van der Waals surface area contributed by atoms with E-state index in [2.05, 4.69) is 240 Å². The van der Waals surface area contributed by atoms with Gasteiger partial charge in [-0.05, 0) is 158 Å². The van der Waals surface area contributed by atoms with Crippen molar-refractivity contribution in [1.29, 1.82) is 0 Å². The van der Waals surface area contributed by atoms with Crippen molar-refractivity contribution in [2.45, 2.75) is 0 Å². The molecule has 6 heterocycles. The molecule has 0 aliphatic carbocycles. The van der Waals surface area contributed by atoms with E-state index in [-0.39, 0.29) is 6.71 Å². The number of nitrogens with zero attached hydrogens (tertiary/aromatic N) is 2. The number of hydrogen-bond donors (Lipinski definition) is 0. The van der Waals surface area contributed by atoms with Gasteiger partial charge < -0.3 is 27.5 Å². The third kappa shape index (κ3) is 6.86. The summed E-state index contributed by atoms with van der Waals surface area (Å²) in [5.74, 6) is 0. The van der Waals surface area contributed by atoms with E-state index < -0.39 is 0 Å². The first kappa shape index (κ1) is 47.5. The van der Waals surface area contributed by atoms with Gasteiger partial charge in [0.1, 0.15) is 44.7 Å². The molecule has 6 nitrogen and oxygen atoms in total. The number of para-hydroxylation sites is 4. The van der Waals surface area contributed by atoms with E-state index in [0.717, 1.165) is 172 Å². The summed E-state index contributed by atoms with van der Waals surface area (Å²) in [7, 11) is 0. The van der Waals surface area contributed by atoms with Gasteiger partial charge in [-0.15, -0.1) is 0 Å². The number of halogens is 1. The highest BCUT2D eigenvalue weighted by Gasteiger charge is 2.44. The highest BCUT2D eigenvalue weighted by Crippen LogP contribution is 2.49. The van der Waals surface area contributed by atoms with Crippen molar-refractivity contribution < 1.29 is 17.7 Å². The Labute approximate surface area is 497 Å². The summed E-state index contributed by atoms with van der Waals surface area (Å²) in [6.07, 6.45) is 0. The Bertz CT molecular complexity index is 5370. The zero-order valence-corrected chi connectivity index (χ0v) is 46.6. The maximum atomic E-state index is 7.59. The van der Waals surface area contributed by atoms with Crippen LogP contribution in [0.15, 0.2) is 285 Å². The molecular formula is C78H44BClN2O4. The first-order valence-electron chi connectivity index (χ1n) is 29.1. The van der Waals surface area contributed by atoms with Gasteiger partial charge in [0, 0.05) is 82.2 Å². The number of benzene rings is 13. The minimum absolute atomic E-state index is 0.243. The minimum Gasteiger partial charge on any atom is -0.456 e. The van der Waals surface area contributed by atoms with E-state index in [4.69, 9.17) is 29.3 Å². The summed E-state index contributed by atoms with van der Waals surface area (Å²) >= 11 is 7.59. The van der Waals surface area contributed by atoms with Crippen molar-refractivity contribution in [3.8, 4) is 44.5 Å². The molecular weight excluding hydrogens is 1080 g/mol. The summed E-state index contributed by atoms with van der Waals surface area (Å²) in [5.41, 5.74) is 25.4. The van der Waals surface area contributed by atoms with Crippen molar-refractivity contribution >= 4 is 157 Å². The highest BCUT2D eigenvalue weighted by atomic mass is 35.5. The molecule has 0 unspecified atom stereocenters. The Morgan fingerprint density at radius 2 is 0.570 bits per heavy atom. The van der Waals surface area contributed by atoms with Crippen LogP contribution in [0.3, 0.4) is 0 Å². The van der Waals surface area contributed by atoms with Crippen LogP contribution in [0.4, 0.5) is 34.1 Å². The fourth-order valence-corrected chi connectivity index (χ4v) is 14.7. The molecule has 2 aliphatic heterocycles. The summed E-state index contributed by atoms with van der Waals surface area (Å²) in [6.45, 7) is -0.243. The molecule has 0 atom stereocenters. The second-order valence-electron chi connectivity index (χ2n) is 22.7. The van der Waals surface area contributed by atoms with Crippen LogP contribution in [0.2, 0.25) is 5.02 Å². The quantitative estimate of drug-likeness (QED) is 0.155. The van der Waals surface area contributed by atoms with Crippen LogP contribution in [0.1, 0.15) is 0 Å². The van der Waals surface area contributed by atoms with E-state index in [0.29, 0.717) is 5.02 Å². The van der Waals surface area contributed by atoms with Gasteiger partial charge in [-0.1, -0.05) is 181 Å². The van der Waals surface area contributed by atoms with E-state index in [1.807, 2.05) is 36.4 Å². The molecule has 0 fully saturated rings. The summed E-state index contributed by atoms with van der Waals surface area (Å²) in [5, 5.41) is 9.41. The number of hydrogen-bond acceptors (Lipinski definition) is 6. The van der Waals surface area contributed by atoms with Gasteiger partial charge in [-0.3, -0.25) is 0 Å². The number of rotatable bonds is 6. The Balaban J connectivity index is 0.857. The molecule has 0 saturated carbocycles. The Morgan fingerprint density at radius 1 is 0.267 bits per heavy atom. The molecule has 0 bridgehead atoms. The fourth-order valence-electron chi connectivity index (χ4n) is 14.5. The number of fused-ring (bicyclic) bond motifs is 16. The van der Waals surface area contributed by atoms with Gasteiger partial charge in [0.2, 0.25) is 0 Å². The highest BCUT2D eigenvalue weighted by molar-refractivity contribution is 7.00. The lowest BCUT2D eigenvalue weighted by atomic mass is 9.33. The van der Waals surface area contributed by atoms with Crippen LogP contribution < -0.4 is 26.2 Å². The molecule has 8 heteroatoms. The van der Waals surface area contributed by atoms with Gasteiger partial charge in [0.05, 0.1) is 0 Å². The van der Waals surface area contributed by atoms with Crippen molar-refractivity contribution in [3.63, 3.8) is 0 Å². The Morgan fingerprint density at radius 3 is 0.919 bits per heavy atom. The average molecular weight is 1120 g/mol. The van der Waals surface area contributed by atoms with Crippen LogP contribution in [0.25, 0.3) is 132 Å². The first-order valence-corrected chi connectivity index (χ1v) is 29.5. The third-order valence-electron chi connectivity index (χ3n) is 18.1. The molecule has 0 N–H and O–H groups in total. The molecule has 13 aromatic carbocycles. The standard InChI is InChI=1S/C78H44BClN2O4/c80-49-43-64-78-65(44-49)82(51-37-31-46(32-38-51)53-18-10-26-71-75(53)57-14-2-6-22-67(57)84-71)63-40-34-48(55-20-12-28-73-77(55)59-16-4-8-24-69(59)86-73)42-61(63)79(78)60-41-47(54-19-11-27-72-76(54)58-15-3-7-23-68(58)85-72)33-39-62(60)81(64)50-35-29-45(30-36-50)52-17-9-25-70-74(52)56-13-1-5-21-66(56)83-70/h1-44H. The molecule has 17 aromatic rings. The predicted octanol–water partition coefficient (Wildman–Crippen LogP) is 20.7. The number of anilines is 6. The predicted molar refractivity (Wildman–Crippen MR) is 356 cm³/mol. The zero-order valence-electron chi connectivity index (χ0n) is 45.9. The SMILES string of the molecule is Clc1cc2c3c(c1)N(c1ccc(-c4cccc5oc6ccccc6c45)cc1)c1ccc(-c4cccc5oc6ccccc6c45)cc1B3c1cc(-c3cccc4oc5ccccc5c34)ccc1N2c1ccc(-c2cccc3oc4ccccc4c23)cc1. The summed E-state index contributed by atoms with van der Waals surface area (Å²) < 4.78 is 25.8.